The van der Waals surface area contributed by atoms with Crippen LogP contribution in [-0.2, 0) is 0 Å². The summed E-state index contributed by atoms with van der Waals surface area (Å²) in [6, 6.07) is 9.22. The van der Waals surface area contributed by atoms with Gasteiger partial charge in [-0.15, -0.1) is 0 Å². The van der Waals surface area contributed by atoms with Crippen molar-refractivity contribution in [3.05, 3.63) is 35.4 Å². The summed E-state index contributed by atoms with van der Waals surface area (Å²) in [6.45, 7) is 6.83. The zero-order valence-electron chi connectivity index (χ0n) is 13.5. The van der Waals surface area contributed by atoms with Gasteiger partial charge in [-0.3, -0.25) is 0 Å². The zero-order chi connectivity index (χ0) is 14.8. The van der Waals surface area contributed by atoms with E-state index in [1.165, 1.54) is 62.5 Å². The normalized spacial score (nSPS) is 14.2. The molecule has 1 rings (SSSR count). The maximum atomic E-state index is 3.85. The zero-order valence-corrected chi connectivity index (χ0v) is 15.1. The first-order valence-electron chi connectivity index (χ1n) is 8.42. The molecule has 0 saturated heterocycles. The predicted octanol–water partition coefficient (Wildman–Crippen LogP) is 7.39. The Bertz CT molecular complexity index is 341. The van der Waals surface area contributed by atoms with Gasteiger partial charge < -0.3 is 0 Å². The third-order valence-corrected chi connectivity index (χ3v) is 5.28. The SMILES string of the molecule is CCCCCCCCC(Br)c1ccc(C(C)CC)cc1. The predicted molar refractivity (Wildman–Crippen MR) is 94.8 cm³/mol. The maximum Gasteiger partial charge on any atom is 0.0395 e. The number of alkyl halides is 1. The molecule has 114 valence electrons. The van der Waals surface area contributed by atoms with Gasteiger partial charge in [0.05, 0.1) is 0 Å². The minimum Gasteiger partial charge on any atom is -0.0839 e. The van der Waals surface area contributed by atoms with Gasteiger partial charge in [-0.1, -0.05) is 99.5 Å². The second kappa shape index (κ2) is 10.4. The number of rotatable bonds is 10. The molecule has 2 atom stereocenters. The van der Waals surface area contributed by atoms with E-state index >= 15 is 0 Å². The molecule has 0 amide bonds. The minimum atomic E-state index is 0.527. The molecule has 0 saturated carbocycles. The molecule has 20 heavy (non-hydrogen) atoms. The van der Waals surface area contributed by atoms with Gasteiger partial charge in [0.2, 0.25) is 0 Å². The van der Waals surface area contributed by atoms with Gasteiger partial charge in [-0.2, -0.15) is 0 Å². The quantitative estimate of drug-likeness (QED) is 0.308. The smallest absolute Gasteiger partial charge is 0.0395 e. The molecular weight excluding hydrogens is 308 g/mol. The van der Waals surface area contributed by atoms with Crippen LogP contribution in [0.4, 0.5) is 0 Å². The molecule has 0 heterocycles. The largest absolute Gasteiger partial charge is 0.0839 e. The van der Waals surface area contributed by atoms with Gasteiger partial charge in [0, 0.05) is 4.83 Å². The Morgan fingerprint density at radius 3 is 2.00 bits per heavy atom. The van der Waals surface area contributed by atoms with Crippen molar-refractivity contribution in [2.24, 2.45) is 0 Å². The molecule has 0 aromatic heterocycles. The van der Waals surface area contributed by atoms with Crippen LogP contribution in [0.2, 0.25) is 0 Å². The van der Waals surface area contributed by atoms with Gasteiger partial charge >= 0.3 is 0 Å². The third kappa shape index (κ3) is 6.43. The Kier molecular flexibility index (Phi) is 9.26. The lowest BCUT2D eigenvalue weighted by Crippen LogP contribution is -1.94. The Morgan fingerprint density at radius 2 is 1.40 bits per heavy atom. The van der Waals surface area contributed by atoms with E-state index in [-0.39, 0.29) is 0 Å². The van der Waals surface area contributed by atoms with Crippen molar-refractivity contribution in [2.45, 2.75) is 82.9 Å². The fourth-order valence-corrected chi connectivity index (χ4v) is 3.17. The highest BCUT2D eigenvalue weighted by Crippen LogP contribution is 2.30. The minimum absolute atomic E-state index is 0.527. The van der Waals surface area contributed by atoms with Crippen molar-refractivity contribution in [2.75, 3.05) is 0 Å². The average Bonchev–Trinajstić information content (AvgIpc) is 2.50. The van der Waals surface area contributed by atoms with Crippen molar-refractivity contribution in [3.8, 4) is 0 Å². The summed E-state index contributed by atoms with van der Waals surface area (Å²) < 4.78 is 0. The molecule has 0 fully saturated rings. The second-order valence-corrected chi connectivity index (χ2v) is 7.11. The number of hydrogen-bond donors (Lipinski definition) is 0. The fourth-order valence-electron chi connectivity index (χ4n) is 2.54. The summed E-state index contributed by atoms with van der Waals surface area (Å²) >= 11 is 3.85. The topological polar surface area (TPSA) is 0 Å². The van der Waals surface area contributed by atoms with Gasteiger partial charge in [0.25, 0.3) is 0 Å². The fraction of sp³-hybridized carbons (Fsp3) is 0.684. The molecule has 1 heteroatoms. The molecular formula is C19H31Br. The first kappa shape index (κ1) is 17.8. The number of halogens is 1. The first-order valence-corrected chi connectivity index (χ1v) is 9.34. The number of benzene rings is 1. The first-order chi connectivity index (χ1) is 9.69. The van der Waals surface area contributed by atoms with E-state index in [2.05, 4.69) is 61.0 Å². The Hall–Kier alpha value is -0.300. The van der Waals surface area contributed by atoms with Crippen molar-refractivity contribution >= 4 is 15.9 Å². The highest BCUT2D eigenvalue weighted by Gasteiger charge is 2.08. The Morgan fingerprint density at radius 1 is 0.850 bits per heavy atom. The third-order valence-electron chi connectivity index (χ3n) is 4.29. The lowest BCUT2D eigenvalue weighted by molar-refractivity contribution is 0.588. The molecule has 0 bridgehead atoms. The molecule has 0 aliphatic carbocycles. The van der Waals surface area contributed by atoms with Crippen molar-refractivity contribution in [1.29, 1.82) is 0 Å². The van der Waals surface area contributed by atoms with Crippen molar-refractivity contribution in [1.82, 2.24) is 0 Å². The van der Waals surface area contributed by atoms with Crippen LogP contribution in [0.1, 0.15) is 94.0 Å². The van der Waals surface area contributed by atoms with Crippen LogP contribution in [0.25, 0.3) is 0 Å². The van der Waals surface area contributed by atoms with Gasteiger partial charge in [0.1, 0.15) is 0 Å². The molecule has 0 aliphatic heterocycles. The van der Waals surface area contributed by atoms with Crippen LogP contribution < -0.4 is 0 Å². The Labute approximate surface area is 134 Å². The molecule has 2 unspecified atom stereocenters. The number of hydrogen-bond acceptors (Lipinski definition) is 0. The number of unbranched alkanes of at least 4 members (excludes halogenated alkanes) is 5. The van der Waals surface area contributed by atoms with Crippen molar-refractivity contribution in [3.63, 3.8) is 0 Å². The van der Waals surface area contributed by atoms with Gasteiger partial charge in [-0.25, -0.2) is 0 Å². The summed E-state index contributed by atoms with van der Waals surface area (Å²) in [6.07, 6.45) is 10.7. The average molecular weight is 339 g/mol. The van der Waals surface area contributed by atoms with E-state index in [0.717, 1.165) is 0 Å². The second-order valence-electron chi connectivity index (χ2n) is 6.00. The van der Waals surface area contributed by atoms with E-state index in [4.69, 9.17) is 0 Å². The Balaban J connectivity index is 2.30. The van der Waals surface area contributed by atoms with E-state index in [9.17, 15) is 0 Å². The van der Waals surface area contributed by atoms with Crippen LogP contribution in [0.3, 0.4) is 0 Å². The van der Waals surface area contributed by atoms with Crippen LogP contribution in [-0.4, -0.2) is 0 Å². The summed E-state index contributed by atoms with van der Waals surface area (Å²) in [5, 5.41) is 0. The molecule has 1 aromatic carbocycles. The standard InChI is InChI=1S/C19H31Br/c1-4-6-7-8-9-10-11-19(20)18-14-12-17(13-15-18)16(3)5-2/h12-16,19H,4-11H2,1-3H3. The van der Waals surface area contributed by atoms with E-state index < -0.39 is 0 Å². The highest BCUT2D eigenvalue weighted by molar-refractivity contribution is 9.09. The summed E-state index contributed by atoms with van der Waals surface area (Å²) in [5.41, 5.74) is 2.90. The van der Waals surface area contributed by atoms with Gasteiger partial charge in [0.15, 0.2) is 0 Å². The van der Waals surface area contributed by atoms with E-state index in [1.807, 2.05) is 0 Å². The lowest BCUT2D eigenvalue weighted by atomic mass is 9.96. The lowest BCUT2D eigenvalue weighted by Gasteiger charge is -2.13. The summed E-state index contributed by atoms with van der Waals surface area (Å²) in [5.74, 6) is 0.677. The molecule has 0 nitrogen and oxygen atoms in total. The van der Waals surface area contributed by atoms with Gasteiger partial charge in [-0.05, 0) is 29.9 Å². The highest BCUT2D eigenvalue weighted by atomic mass is 79.9. The molecule has 0 N–H and O–H groups in total. The summed E-state index contributed by atoms with van der Waals surface area (Å²) in [7, 11) is 0. The molecule has 0 radical (unpaired) electrons. The monoisotopic (exact) mass is 338 g/mol. The van der Waals surface area contributed by atoms with E-state index in [1.54, 1.807) is 0 Å². The van der Waals surface area contributed by atoms with Crippen molar-refractivity contribution < 1.29 is 0 Å². The van der Waals surface area contributed by atoms with Crippen LogP contribution in [0, 0.1) is 0 Å². The van der Waals surface area contributed by atoms with Crippen LogP contribution in [0.5, 0.6) is 0 Å². The summed E-state index contributed by atoms with van der Waals surface area (Å²) in [4.78, 5) is 0.527. The maximum absolute atomic E-state index is 3.85. The van der Waals surface area contributed by atoms with Crippen LogP contribution >= 0.6 is 15.9 Å². The van der Waals surface area contributed by atoms with E-state index in [0.29, 0.717) is 10.7 Å². The molecule has 0 spiro atoms. The molecule has 1 aromatic rings. The van der Waals surface area contributed by atoms with Crippen LogP contribution in [0.15, 0.2) is 24.3 Å². The molecule has 0 aliphatic rings.